The third kappa shape index (κ3) is 4.34. The maximum atomic E-state index is 13.9. The van der Waals surface area contributed by atoms with Crippen LogP contribution in [-0.2, 0) is 15.6 Å². The molecule has 0 fully saturated rings. The number of sulfone groups is 1. The Labute approximate surface area is 175 Å². The van der Waals surface area contributed by atoms with Gasteiger partial charge < -0.3 is 0 Å². The molecule has 0 saturated carbocycles. The van der Waals surface area contributed by atoms with Gasteiger partial charge in [-0.2, -0.15) is 0 Å². The lowest BCUT2D eigenvalue weighted by atomic mass is 10.2. The molecule has 3 nitrogen and oxygen atoms in total. The summed E-state index contributed by atoms with van der Waals surface area (Å²) in [6.07, 6.45) is 3.44. The molecule has 0 spiro atoms. The Morgan fingerprint density at radius 3 is 2.33 bits per heavy atom. The van der Waals surface area contributed by atoms with Crippen molar-refractivity contribution in [1.82, 2.24) is 0 Å². The van der Waals surface area contributed by atoms with Gasteiger partial charge in [0.15, 0.2) is 9.84 Å². The molecule has 152 valence electrons. The fourth-order valence-electron chi connectivity index (χ4n) is 2.90. The monoisotopic (exact) mass is 445 g/mol. The van der Waals surface area contributed by atoms with E-state index in [1.165, 1.54) is 42.1 Å². The van der Waals surface area contributed by atoms with Gasteiger partial charge in [0.25, 0.3) is 0 Å². The molecule has 1 aliphatic heterocycles. The minimum atomic E-state index is -3.98. The number of allylic oxidation sites excluding steroid dienone is 1. The number of rotatable bonds is 4. The Bertz CT molecular complexity index is 1260. The summed E-state index contributed by atoms with van der Waals surface area (Å²) in [5.74, 6) is -2.93. The number of benzene rings is 3. The van der Waals surface area contributed by atoms with E-state index in [0.29, 0.717) is 10.6 Å². The molecule has 0 radical (unpaired) electrons. The summed E-state index contributed by atoms with van der Waals surface area (Å²) in [5, 5.41) is 0. The van der Waals surface area contributed by atoms with E-state index in [4.69, 9.17) is 0 Å². The lowest BCUT2D eigenvalue weighted by Gasteiger charge is -2.14. The number of hydrogen-bond acceptors (Lipinski definition) is 4. The molecule has 0 N–H and O–H groups in total. The fourth-order valence-corrected chi connectivity index (χ4v) is 5.33. The first-order valence-corrected chi connectivity index (χ1v) is 11.3. The van der Waals surface area contributed by atoms with Crippen LogP contribution in [0.15, 0.2) is 80.4 Å². The van der Waals surface area contributed by atoms with Crippen molar-refractivity contribution >= 4 is 39.6 Å². The Morgan fingerprint density at radius 1 is 0.933 bits per heavy atom. The highest BCUT2D eigenvalue weighted by Crippen LogP contribution is 2.40. The molecule has 0 aliphatic carbocycles. The SMILES string of the molecule is O=S(=O)(Cc1c(F)cccc1F)c1ccc2c(c1)S/C(=C\c1ccc(F)cc1)C=N2. The zero-order valence-corrected chi connectivity index (χ0v) is 17.0. The van der Waals surface area contributed by atoms with E-state index in [2.05, 4.69) is 4.99 Å². The van der Waals surface area contributed by atoms with E-state index >= 15 is 0 Å². The van der Waals surface area contributed by atoms with Gasteiger partial charge in [0, 0.05) is 21.6 Å². The van der Waals surface area contributed by atoms with Crippen molar-refractivity contribution in [3.63, 3.8) is 0 Å². The van der Waals surface area contributed by atoms with Gasteiger partial charge in [0.05, 0.1) is 16.3 Å². The van der Waals surface area contributed by atoms with Crippen molar-refractivity contribution in [3.8, 4) is 0 Å². The standard InChI is InChI=1S/C22H14F3NO2S2/c23-15-6-4-14(5-7-15)10-16-12-26-21-9-8-17(11-22(21)29-16)30(27,28)13-18-19(24)2-1-3-20(18)25/h1-12H,13H2/b16-10-. The Hall–Kier alpha value is -2.84. The highest BCUT2D eigenvalue weighted by Gasteiger charge is 2.22. The number of nitrogens with zero attached hydrogens (tertiary/aromatic N) is 1. The van der Waals surface area contributed by atoms with Crippen LogP contribution >= 0.6 is 11.8 Å². The first-order valence-electron chi connectivity index (χ1n) is 8.81. The van der Waals surface area contributed by atoms with Crippen LogP contribution < -0.4 is 0 Å². The molecule has 0 atom stereocenters. The maximum Gasteiger partial charge on any atom is 0.182 e. The molecule has 30 heavy (non-hydrogen) atoms. The second-order valence-corrected chi connectivity index (χ2v) is 9.65. The van der Waals surface area contributed by atoms with Gasteiger partial charge in [-0.05, 0) is 54.1 Å². The Kier molecular flexibility index (Phi) is 5.53. The van der Waals surface area contributed by atoms with E-state index in [1.54, 1.807) is 30.5 Å². The number of hydrogen-bond donors (Lipinski definition) is 0. The molecular weight excluding hydrogens is 431 g/mol. The molecule has 3 aromatic carbocycles. The van der Waals surface area contributed by atoms with E-state index in [0.717, 1.165) is 22.6 Å². The maximum absolute atomic E-state index is 13.9. The van der Waals surface area contributed by atoms with Crippen molar-refractivity contribution < 1.29 is 21.6 Å². The van der Waals surface area contributed by atoms with Crippen LogP contribution in [0, 0.1) is 17.5 Å². The molecule has 0 saturated heterocycles. The molecule has 4 rings (SSSR count). The first kappa shape index (κ1) is 20.4. The molecule has 3 aromatic rings. The van der Waals surface area contributed by atoms with Crippen LogP contribution in [0.2, 0.25) is 0 Å². The largest absolute Gasteiger partial charge is 0.255 e. The van der Waals surface area contributed by atoms with Gasteiger partial charge in [-0.1, -0.05) is 30.0 Å². The topological polar surface area (TPSA) is 46.5 Å². The van der Waals surface area contributed by atoms with Gasteiger partial charge in [0.1, 0.15) is 17.5 Å². The second-order valence-electron chi connectivity index (χ2n) is 6.55. The first-order chi connectivity index (χ1) is 14.3. The number of fused-ring (bicyclic) bond motifs is 1. The highest BCUT2D eigenvalue weighted by molar-refractivity contribution is 8.04. The lowest BCUT2D eigenvalue weighted by molar-refractivity contribution is 0.555. The molecule has 1 heterocycles. The zero-order valence-electron chi connectivity index (χ0n) is 15.3. The Balaban J connectivity index is 1.63. The van der Waals surface area contributed by atoms with Gasteiger partial charge in [-0.25, -0.2) is 21.6 Å². The van der Waals surface area contributed by atoms with Gasteiger partial charge in [-0.3, -0.25) is 4.99 Å². The van der Waals surface area contributed by atoms with E-state index in [9.17, 15) is 21.6 Å². The fraction of sp³-hybridized carbons (Fsp3) is 0.0455. The molecule has 0 aromatic heterocycles. The number of aliphatic imine (C=N–C) groups is 1. The van der Waals surface area contributed by atoms with E-state index < -0.39 is 32.8 Å². The van der Waals surface area contributed by atoms with Crippen molar-refractivity contribution in [2.75, 3.05) is 0 Å². The summed E-state index contributed by atoms with van der Waals surface area (Å²) in [5.41, 5.74) is 0.873. The number of halogens is 3. The quantitative estimate of drug-likeness (QED) is 0.500. The average Bonchev–Trinajstić information content (AvgIpc) is 2.72. The normalized spacial score (nSPS) is 14.7. The van der Waals surface area contributed by atoms with Gasteiger partial charge in [0.2, 0.25) is 0 Å². The molecule has 1 aliphatic rings. The van der Waals surface area contributed by atoms with Crippen LogP contribution in [-0.4, -0.2) is 14.6 Å². The molecule has 0 bridgehead atoms. The van der Waals surface area contributed by atoms with E-state index in [1.807, 2.05) is 0 Å². The predicted molar refractivity (Wildman–Crippen MR) is 112 cm³/mol. The highest BCUT2D eigenvalue weighted by atomic mass is 32.2. The minimum Gasteiger partial charge on any atom is -0.255 e. The van der Waals surface area contributed by atoms with Gasteiger partial charge >= 0.3 is 0 Å². The molecular formula is C22H14F3NO2S2. The third-order valence-electron chi connectivity index (χ3n) is 4.42. The summed E-state index contributed by atoms with van der Waals surface area (Å²) in [6, 6.07) is 13.5. The van der Waals surface area contributed by atoms with Crippen LogP contribution in [0.25, 0.3) is 6.08 Å². The Morgan fingerprint density at radius 2 is 1.63 bits per heavy atom. The van der Waals surface area contributed by atoms with Crippen LogP contribution in [0.4, 0.5) is 18.9 Å². The predicted octanol–water partition coefficient (Wildman–Crippen LogP) is 5.93. The summed E-state index contributed by atoms with van der Waals surface area (Å²) >= 11 is 1.30. The summed E-state index contributed by atoms with van der Waals surface area (Å²) < 4.78 is 66.4. The smallest absolute Gasteiger partial charge is 0.182 e. The van der Waals surface area contributed by atoms with Crippen molar-refractivity contribution in [1.29, 1.82) is 0 Å². The summed E-state index contributed by atoms with van der Waals surface area (Å²) in [7, 11) is -3.98. The molecule has 0 amide bonds. The molecule has 8 heteroatoms. The van der Waals surface area contributed by atoms with Crippen molar-refractivity contribution in [2.45, 2.75) is 15.5 Å². The van der Waals surface area contributed by atoms with E-state index in [-0.39, 0.29) is 10.7 Å². The minimum absolute atomic E-state index is 0.0466. The third-order valence-corrected chi connectivity index (χ3v) is 7.07. The van der Waals surface area contributed by atoms with Crippen LogP contribution in [0.3, 0.4) is 0 Å². The zero-order chi connectivity index (χ0) is 21.3. The van der Waals surface area contributed by atoms with Crippen LogP contribution in [0.1, 0.15) is 11.1 Å². The number of thioether (sulfide) groups is 1. The van der Waals surface area contributed by atoms with Crippen molar-refractivity contribution in [2.24, 2.45) is 4.99 Å². The molecule has 0 unspecified atom stereocenters. The second kappa shape index (κ2) is 8.12. The van der Waals surface area contributed by atoms with Crippen LogP contribution in [0.5, 0.6) is 0 Å². The average molecular weight is 445 g/mol. The van der Waals surface area contributed by atoms with Gasteiger partial charge in [-0.15, -0.1) is 0 Å². The summed E-state index contributed by atoms with van der Waals surface area (Å²) in [4.78, 5) is 5.61. The summed E-state index contributed by atoms with van der Waals surface area (Å²) in [6.45, 7) is 0. The van der Waals surface area contributed by atoms with Crippen molar-refractivity contribution in [3.05, 3.63) is 94.1 Å². The lowest BCUT2D eigenvalue weighted by Crippen LogP contribution is -2.08.